The first-order valence-corrected chi connectivity index (χ1v) is 9.75. The maximum Gasteiger partial charge on any atom is 0.161 e. The number of nitrogens with zero attached hydrogens (tertiary/aromatic N) is 3. The normalized spacial score (nSPS) is 30.4. The van der Waals surface area contributed by atoms with E-state index in [-0.39, 0.29) is 11.6 Å². The van der Waals surface area contributed by atoms with Gasteiger partial charge in [0.15, 0.2) is 11.6 Å². The molecule has 5 atom stereocenters. The number of aliphatic hydroxyl groups is 1. The second-order valence-corrected chi connectivity index (χ2v) is 8.56. The highest BCUT2D eigenvalue weighted by Crippen LogP contribution is 2.37. The van der Waals surface area contributed by atoms with Gasteiger partial charge in [0, 0.05) is 30.3 Å². The third kappa shape index (κ3) is 3.79. The molecule has 1 saturated heterocycles. The van der Waals surface area contributed by atoms with E-state index in [2.05, 4.69) is 12.1 Å². The summed E-state index contributed by atoms with van der Waals surface area (Å²) in [4.78, 5) is 0. The van der Waals surface area contributed by atoms with Gasteiger partial charge in [-0.3, -0.25) is 4.68 Å². The monoisotopic (exact) mass is 411 g/mol. The molecule has 1 aromatic carbocycles. The van der Waals surface area contributed by atoms with Crippen molar-refractivity contribution in [2.75, 3.05) is 13.7 Å². The summed E-state index contributed by atoms with van der Waals surface area (Å²) in [5.74, 6) is -3.19. The molecule has 6 nitrogen and oxygen atoms in total. The van der Waals surface area contributed by atoms with Gasteiger partial charge in [-0.1, -0.05) is 0 Å². The average molecular weight is 411 g/mol. The molecule has 2 aliphatic heterocycles. The standard InChI is InChI=1S/C20H26F3N4O2/c1-11(28)6-26-7-12-8-27(2,9-19(12)25-26)13-3-18(24)20(29-10-13)14-4-16(22)17(23)5-15(14)21/h4-5,7,11,13,18,20,28H,3,6,8-10,24H2,1-2H3/q+1. The molecule has 0 radical (unpaired) electrons. The fourth-order valence-corrected chi connectivity index (χ4v) is 4.53. The molecular formula is C20H26F3N4O2+. The Hall–Kier alpha value is -1.94. The van der Waals surface area contributed by atoms with E-state index in [1.807, 2.05) is 6.20 Å². The lowest BCUT2D eigenvalue weighted by molar-refractivity contribution is -0.954. The van der Waals surface area contributed by atoms with Crippen LogP contribution < -0.4 is 5.73 Å². The zero-order valence-electron chi connectivity index (χ0n) is 16.5. The molecule has 9 heteroatoms. The highest BCUT2D eigenvalue weighted by molar-refractivity contribution is 5.24. The number of aromatic nitrogens is 2. The lowest BCUT2D eigenvalue weighted by Crippen LogP contribution is -2.56. The Labute approximate surface area is 167 Å². The molecule has 3 heterocycles. The van der Waals surface area contributed by atoms with Gasteiger partial charge in [-0.2, -0.15) is 5.10 Å². The number of rotatable bonds is 4. The Bertz CT molecular complexity index is 894. The van der Waals surface area contributed by atoms with Gasteiger partial charge in [0.2, 0.25) is 0 Å². The van der Waals surface area contributed by atoms with Crippen LogP contribution in [-0.4, -0.2) is 51.2 Å². The van der Waals surface area contributed by atoms with Crippen LogP contribution in [0.2, 0.25) is 0 Å². The second kappa shape index (κ2) is 7.39. The van der Waals surface area contributed by atoms with E-state index in [9.17, 15) is 18.3 Å². The summed E-state index contributed by atoms with van der Waals surface area (Å²) in [6.45, 7) is 3.99. The molecule has 0 saturated carbocycles. The van der Waals surface area contributed by atoms with E-state index in [0.29, 0.717) is 36.7 Å². The number of fused-ring (bicyclic) bond motifs is 1. The van der Waals surface area contributed by atoms with Crippen molar-refractivity contribution in [2.24, 2.45) is 5.73 Å². The maximum atomic E-state index is 14.2. The summed E-state index contributed by atoms with van der Waals surface area (Å²) in [7, 11) is 2.11. The minimum absolute atomic E-state index is 0.0448. The third-order valence-corrected chi connectivity index (χ3v) is 6.05. The van der Waals surface area contributed by atoms with Crippen LogP contribution in [0, 0.1) is 17.5 Å². The van der Waals surface area contributed by atoms with E-state index in [1.54, 1.807) is 11.6 Å². The van der Waals surface area contributed by atoms with Crippen LogP contribution in [0.15, 0.2) is 18.3 Å². The van der Waals surface area contributed by atoms with Gasteiger partial charge in [0.1, 0.15) is 36.7 Å². The summed E-state index contributed by atoms with van der Waals surface area (Å²) < 4.78 is 49.3. The van der Waals surface area contributed by atoms with Crippen LogP contribution in [0.25, 0.3) is 0 Å². The number of benzene rings is 1. The first kappa shape index (κ1) is 20.3. The van der Waals surface area contributed by atoms with Crippen LogP contribution in [0.1, 0.15) is 36.3 Å². The topological polar surface area (TPSA) is 73.3 Å². The van der Waals surface area contributed by atoms with Crippen LogP contribution in [0.3, 0.4) is 0 Å². The zero-order valence-corrected chi connectivity index (χ0v) is 16.5. The number of ether oxygens (including phenoxy) is 1. The van der Waals surface area contributed by atoms with E-state index in [4.69, 9.17) is 10.5 Å². The average Bonchev–Trinajstić information content (AvgIpc) is 3.12. The lowest BCUT2D eigenvalue weighted by atomic mass is 9.92. The molecule has 3 N–H and O–H groups in total. The largest absolute Gasteiger partial charge is 0.391 e. The predicted octanol–water partition coefficient (Wildman–Crippen LogP) is 2.00. The van der Waals surface area contributed by atoms with Gasteiger partial charge in [-0.05, 0) is 13.0 Å². The lowest BCUT2D eigenvalue weighted by Gasteiger charge is -2.43. The Morgan fingerprint density at radius 1 is 1.28 bits per heavy atom. The predicted molar refractivity (Wildman–Crippen MR) is 98.9 cm³/mol. The Balaban J connectivity index is 1.46. The van der Waals surface area contributed by atoms with Gasteiger partial charge < -0.3 is 20.1 Å². The van der Waals surface area contributed by atoms with E-state index >= 15 is 0 Å². The summed E-state index contributed by atoms with van der Waals surface area (Å²) in [5, 5.41) is 14.1. The number of hydrogen-bond donors (Lipinski definition) is 2. The molecule has 0 spiro atoms. The molecule has 158 valence electrons. The smallest absolute Gasteiger partial charge is 0.161 e. The molecule has 0 amide bonds. The number of quaternary nitrogens is 1. The van der Waals surface area contributed by atoms with Crippen molar-refractivity contribution in [3.05, 3.63) is 52.6 Å². The van der Waals surface area contributed by atoms with E-state index in [1.165, 1.54) is 0 Å². The molecule has 0 bridgehead atoms. The maximum absolute atomic E-state index is 14.2. The fraction of sp³-hybridized carbons (Fsp3) is 0.550. The Morgan fingerprint density at radius 3 is 2.66 bits per heavy atom. The van der Waals surface area contributed by atoms with Gasteiger partial charge in [-0.15, -0.1) is 0 Å². The van der Waals surface area contributed by atoms with Gasteiger partial charge >= 0.3 is 0 Å². The molecule has 4 rings (SSSR count). The number of nitrogens with two attached hydrogens (primary N) is 1. The summed E-state index contributed by atoms with van der Waals surface area (Å²) in [6, 6.07) is 0.911. The van der Waals surface area contributed by atoms with Crippen molar-refractivity contribution < 1.29 is 27.5 Å². The second-order valence-electron chi connectivity index (χ2n) is 8.56. The van der Waals surface area contributed by atoms with Crippen molar-refractivity contribution >= 4 is 0 Å². The molecule has 0 aliphatic carbocycles. The van der Waals surface area contributed by atoms with Crippen LogP contribution >= 0.6 is 0 Å². The molecule has 29 heavy (non-hydrogen) atoms. The van der Waals surface area contributed by atoms with E-state index < -0.39 is 35.7 Å². The number of hydrogen-bond acceptors (Lipinski definition) is 4. The van der Waals surface area contributed by atoms with Crippen molar-refractivity contribution in [2.45, 2.75) is 57.3 Å². The van der Waals surface area contributed by atoms with Crippen molar-refractivity contribution in [3.8, 4) is 0 Å². The van der Waals surface area contributed by atoms with Crippen LogP contribution in [0.5, 0.6) is 0 Å². The van der Waals surface area contributed by atoms with Crippen LogP contribution in [0.4, 0.5) is 13.2 Å². The van der Waals surface area contributed by atoms with Gasteiger partial charge in [0.25, 0.3) is 0 Å². The quantitative estimate of drug-likeness (QED) is 0.596. The van der Waals surface area contributed by atoms with E-state index in [0.717, 1.165) is 23.9 Å². The third-order valence-electron chi connectivity index (χ3n) is 6.05. The van der Waals surface area contributed by atoms with Crippen molar-refractivity contribution in [1.29, 1.82) is 0 Å². The first-order valence-electron chi connectivity index (χ1n) is 9.75. The first-order chi connectivity index (χ1) is 13.7. The highest BCUT2D eigenvalue weighted by Gasteiger charge is 2.45. The number of likely N-dealkylation sites (N-methyl/N-ethyl adjacent to an activating group) is 1. The van der Waals surface area contributed by atoms with Crippen molar-refractivity contribution in [1.82, 2.24) is 9.78 Å². The molecular weight excluding hydrogens is 385 g/mol. The molecule has 2 aliphatic rings. The minimum Gasteiger partial charge on any atom is -0.391 e. The Morgan fingerprint density at radius 2 is 2.00 bits per heavy atom. The molecule has 1 fully saturated rings. The zero-order chi connectivity index (χ0) is 20.9. The highest BCUT2D eigenvalue weighted by atomic mass is 19.2. The number of halogens is 3. The van der Waals surface area contributed by atoms with Gasteiger partial charge in [0.05, 0.1) is 31.9 Å². The minimum atomic E-state index is -1.23. The SMILES string of the molecule is CC(O)Cn1cc2c(n1)C[N+](C)(C1COC(c3cc(F)c(F)cc3F)C(N)C1)C2. The molecule has 2 aromatic rings. The Kier molecular flexibility index (Phi) is 5.18. The summed E-state index contributed by atoms with van der Waals surface area (Å²) >= 11 is 0. The van der Waals surface area contributed by atoms with Crippen molar-refractivity contribution in [3.63, 3.8) is 0 Å². The van der Waals surface area contributed by atoms with Crippen LogP contribution in [-0.2, 0) is 24.4 Å². The van der Waals surface area contributed by atoms with Gasteiger partial charge in [-0.25, -0.2) is 13.2 Å². The summed E-state index contributed by atoms with van der Waals surface area (Å²) in [6.07, 6.45) is 1.26. The summed E-state index contributed by atoms with van der Waals surface area (Å²) in [5.41, 5.74) is 8.36. The molecule has 5 unspecified atom stereocenters. The number of aliphatic hydroxyl groups excluding tert-OH is 1. The fourth-order valence-electron chi connectivity index (χ4n) is 4.53. The molecule has 1 aromatic heterocycles.